The molecule has 4 rings (SSSR count). The van der Waals surface area contributed by atoms with Crippen molar-refractivity contribution in [1.29, 1.82) is 0 Å². The van der Waals surface area contributed by atoms with Crippen molar-refractivity contribution in [3.63, 3.8) is 0 Å². The number of aromatic nitrogens is 2. The summed E-state index contributed by atoms with van der Waals surface area (Å²) < 4.78 is 5.40. The number of ether oxygens (including phenoxy) is 1. The minimum atomic E-state index is -0.478. The summed E-state index contributed by atoms with van der Waals surface area (Å²) in [5.41, 5.74) is 3.84. The van der Waals surface area contributed by atoms with Crippen LogP contribution in [-0.4, -0.2) is 21.0 Å². The quantitative estimate of drug-likeness (QED) is 0.523. The number of hydrogen-bond donors (Lipinski definition) is 1. The van der Waals surface area contributed by atoms with Gasteiger partial charge in [0.25, 0.3) is 0 Å². The molecule has 4 aromatic rings. The average Bonchev–Trinajstić information content (AvgIpc) is 2.71. The molecule has 0 fully saturated rings. The summed E-state index contributed by atoms with van der Waals surface area (Å²) in [6.07, 6.45) is 4.26. The maximum Gasteiger partial charge on any atom is 0.343 e. The van der Waals surface area contributed by atoms with Crippen LogP contribution < -0.4 is 4.74 Å². The molecule has 3 aromatic carbocycles. The first-order valence-electron chi connectivity index (χ1n) is 8.83. The third-order valence-electron chi connectivity index (χ3n) is 4.65. The summed E-state index contributed by atoms with van der Waals surface area (Å²) in [4.78, 5) is 20.4. The molecule has 0 saturated carbocycles. The van der Waals surface area contributed by atoms with E-state index >= 15 is 0 Å². The van der Waals surface area contributed by atoms with Crippen LogP contribution in [0, 0.1) is 13.8 Å². The van der Waals surface area contributed by atoms with Crippen LogP contribution in [0.15, 0.2) is 67.3 Å². The van der Waals surface area contributed by atoms with Crippen LogP contribution in [0.4, 0.5) is 0 Å². The number of phenolic OH excluding ortho intramolecular Hbond substituents is 1. The van der Waals surface area contributed by atoms with Crippen molar-refractivity contribution in [2.24, 2.45) is 0 Å². The van der Waals surface area contributed by atoms with E-state index in [9.17, 15) is 9.90 Å². The number of aromatic hydroxyl groups is 1. The Bertz CT molecular complexity index is 1160. The molecule has 1 N–H and O–H groups in total. The molecule has 1 aromatic heterocycles. The summed E-state index contributed by atoms with van der Waals surface area (Å²) in [6.45, 7) is 3.73. The van der Waals surface area contributed by atoms with Gasteiger partial charge in [0.1, 0.15) is 12.1 Å². The highest BCUT2D eigenvalue weighted by Gasteiger charge is 2.15. The van der Waals surface area contributed by atoms with Crippen LogP contribution in [0.1, 0.15) is 21.5 Å². The Morgan fingerprint density at radius 2 is 1.64 bits per heavy atom. The molecular formula is C23H18N2O3. The first kappa shape index (κ1) is 17.7. The van der Waals surface area contributed by atoms with Gasteiger partial charge < -0.3 is 9.84 Å². The Morgan fingerprint density at radius 1 is 0.964 bits per heavy atom. The lowest BCUT2D eigenvalue weighted by molar-refractivity contribution is 0.0733. The van der Waals surface area contributed by atoms with Crippen LogP contribution >= 0.6 is 0 Å². The van der Waals surface area contributed by atoms with Crippen LogP contribution in [0.5, 0.6) is 11.5 Å². The van der Waals surface area contributed by atoms with Crippen LogP contribution in [0.25, 0.3) is 21.9 Å². The van der Waals surface area contributed by atoms with Gasteiger partial charge in [-0.15, -0.1) is 0 Å². The molecule has 0 spiro atoms. The minimum absolute atomic E-state index is 0.285. The zero-order chi connectivity index (χ0) is 19.7. The van der Waals surface area contributed by atoms with Gasteiger partial charge in [0, 0.05) is 0 Å². The van der Waals surface area contributed by atoms with Crippen molar-refractivity contribution in [1.82, 2.24) is 9.97 Å². The van der Waals surface area contributed by atoms with Gasteiger partial charge >= 0.3 is 5.97 Å². The molecule has 5 heteroatoms. The van der Waals surface area contributed by atoms with Gasteiger partial charge in [-0.25, -0.2) is 14.8 Å². The van der Waals surface area contributed by atoms with E-state index in [2.05, 4.69) is 9.97 Å². The second-order valence-corrected chi connectivity index (χ2v) is 6.67. The summed E-state index contributed by atoms with van der Waals surface area (Å²) in [5, 5.41) is 12.1. The molecule has 0 bridgehead atoms. The van der Waals surface area contributed by atoms with E-state index in [1.165, 1.54) is 18.7 Å². The van der Waals surface area contributed by atoms with Gasteiger partial charge in [-0.3, -0.25) is 0 Å². The Balaban J connectivity index is 1.85. The number of fused-ring (bicyclic) bond motifs is 1. The molecule has 0 aliphatic heterocycles. The van der Waals surface area contributed by atoms with E-state index in [1.54, 1.807) is 0 Å². The van der Waals surface area contributed by atoms with Gasteiger partial charge in [0.15, 0.2) is 5.75 Å². The van der Waals surface area contributed by atoms with Gasteiger partial charge in [-0.2, -0.15) is 0 Å². The molecule has 0 saturated heterocycles. The zero-order valence-corrected chi connectivity index (χ0v) is 15.5. The Kier molecular flexibility index (Phi) is 4.49. The summed E-state index contributed by atoms with van der Waals surface area (Å²) in [7, 11) is 0. The highest BCUT2D eigenvalue weighted by Crippen LogP contribution is 2.34. The number of rotatable bonds is 3. The summed E-state index contributed by atoms with van der Waals surface area (Å²) >= 11 is 0. The average molecular weight is 370 g/mol. The van der Waals surface area contributed by atoms with Crippen LogP contribution in [-0.2, 0) is 0 Å². The topological polar surface area (TPSA) is 72.3 Å². The second-order valence-electron chi connectivity index (χ2n) is 6.67. The summed E-state index contributed by atoms with van der Waals surface area (Å²) in [5.74, 6) is 0.0975. The van der Waals surface area contributed by atoms with E-state index in [0.717, 1.165) is 33.0 Å². The Hall–Kier alpha value is -3.73. The maximum absolute atomic E-state index is 12.7. The lowest BCUT2D eigenvalue weighted by Gasteiger charge is -2.13. The monoisotopic (exact) mass is 370 g/mol. The zero-order valence-electron chi connectivity index (χ0n) is 15.5. The fourth-order valence-corrected chi connectivity index (χ4v) is 3.28. The van der Waals surface area contributed by atoms with Crippen molar-refractivity contribution >= 4 is 16.7 Å². The molecule has 5 nitrogen and oxygen atoms in total. The fraction of sp³-hybridized carbons (Fsp3) is 0.0870. The highest BCUT2D eigenvalue weighted by molar-refractivity contribution is 6.03. The predicted octanol–water partition coefficient (Wildman–Crippen LogP) is 4.84. The predicted molar refractivity (Wildman–Crippen MR) is 108 cm³/mol. The third kappa shape index (κ3) is 3.30. The normalized spacial score (nSPS) is 10.8. The lowest BCUT2D eigenvalue weighted by Crippen LogP contribution is -2.09. The van der Waals surface area contributed by atoms with E-state index in [0.29, 0.717) is 11.3 Å². The van der Waals surface area contributed by atoms with Gasteiger partial charge in [0.05, 0.1) is 18.0 Å². The second kappa shape index (κ2) is 7.12. The first-order valence-corrected chi connectivity index (χ1v) is 8.83. The molecule has 0 amide bonds. The minimum Gasteiger partial charge on any atom is -0.507 e. The van der Waals surface area contributed by atoms with E-state index in [-0.39, 0.29) is 5.75 Å². The van der Waals surface area contributed by atoms with E-state index in [4.69, 9.17) is 4.74 Å². The lowest BCUT2D eigenvalue weighted by atomic mass is 9.93. The maximum atomic E-state index is 12.7. The number of benzene rings is 3. The number of carbonyl (C=O) groups is 1. The first-order chi connectivity index (χ1) is 13.5. The molecule has 0 aliphatic carbocycles. The standard InChI is InChI=1S/C23H18N2O3/c1-14-7-17(8-15(2)22(14)26)21-10-18(9-16-5-3-4-6-20(16)21)23(27)28-19-11-24-13-25-12-19/h3-13,26H,1-2H3. The molecule has 1 heterocycles. The van der Waals surface area contributed by atoms with E-state index < -0.39 is 5.97 Å². The Morgan fingerprint density at radius 3 is 2.36 bits per heavy atom. The molecule has 0 aliphatic rings. The molecule has 28 heavy (non-hydrogen) atoms. The van der Waals surface area contributed by atoms with Crippen LogP contribution in [0.2, 0.25) is 0 Å². The fourth-order valence-electron chi connectivity index (χ4n) is 3.28. The highest BCUT2D eigenvalue weighted by atomic mass is 16.5. The molecular weight excluding hydrogens is 352 g/mol. The number of phenols is 1. The number of esters is 1. The van der Waals surface area contributed by atoms with Crippen molar-refractivity contribution in [2.45, 2.75) is 13.8 Å². The van der Waals surface area contributed by atoms with Gasteiger partial charge in [0.2, 0.25) is 0 Å². The van der Waals surface area contributed by atoms with Crippen molar-refractivity contribution < 1.29 is 14.6 Å². The third-order valence-corrected chi connectivity index (χ3v) is 4.65. The number of hydrogen-bond acceptors (Lipinski definition) is 5. The molecule has 138 valence electrons. The molecule has 0 atom stereocenters. The van der Waals surface area contributed by atoms with Crippen molar-refractivity contribution in [2.75, 3.05) is 0 Å². The molecule has 0 radical (unpaired) electrons. The smallest absolute Gasteiger partial charge is 0.343 e. The molecule has 0 unspecified atom stereocenters. The number of nitrogens with zero attached hydrogens (tertiary/aromatic N) is 2. The Labute approximate surface area is 162 Å². The summed E-state index contributed by atoms with van der Waals surface area (Å²) in [6, 6.07) is 15.3. The van der Waals surface area contributed by atoms with Gasteiger partial charge in [-0.1, -0.05) is 24.3 Å². The van der Waals surface area contributed by atoms with Crippen molar-refractivity contribution in [3.8, 4) is 22.6 Å². The largest absolute Gasteiger partial charge is 0.507 e. The number of carbonyl (C=O) groups excluding carboxylic acids is 1. The number of aryl methyl sites for hydroxylation is 2. The van der Waals surface area contributed by atoms with Crippen LogP contribution in [0.3, 0.4) is 0 Å². The van der Waals surface area contributed by atoms with E-state index in [1.807, 2.05) is 62.4 Å². The van der Waals surface area contributed by atoms with Gasteiger partial charge in [-0.05, 0) is 71.1 Å². The SMILES string of the molecule is Cc1cc(-c2cc(C(=O)Oc3cncnc3)cc3ccccc23)cc(C)c1O. The van der Waals surface area contributed by atoms with Crippen molar-refractivity contribution in [3.05, 3.63) is 83.9 Å².